The Morgan fingerprint density at radius 3 is 2.38 bits per heavy atom. The highest BCUT2D eigenvalue weighted by Gasteiger charge is 2.57. The lowest BCUT2D eigenvalue weighted by molar-refractivity contribution is -0.326. The Hall–Kier alpha value is -0.460. The van der Waals surface area contributed by atoms with Gasteiger partial charge in [0.1, 0.15) is 30.5 Å². The van der Waals surface area contributed by atoms with Gasteiger partial charge in [-0.15, -0.1) is 0 Å². The molecular formula is C19H31NO8S. The van der Waals surface area contributed by atoms with E-state index in [1.807, 2.05) is 0 Å². The van der Waals surface area contributed by atoms with Crippen LogP contribution in [0.1, 0.15) is 32.1 Å². The van der Waals surface area contributed by atoms with Crippen molar-refractivity contribution in [3.63, 3.8) is 0 Å². The SMILES string of the molecule is N[C@@H](CSC12CC3C[C@H](C1)C(O[C@@H]1O[C@H](CO)[C@@H](O)[C@H](O)[C@H]1O)[C@@H](C3)C2)C(=O)O. The molecule has 1 saturated heterocycles. The highest BCUT2D eigenvalue weighted by atomic mass is 32.2. The Labute approximate surface area is 173 Å². The van der Waals surface area contributed by atoms with Gasteiger partial charge in [0.15, 0.2) is 6.29 Å². The van der Waals surface area contributed by atoms with Gasteiger partial charge in [0.2, 0.25) is 0 Å². The molecule has 5 aliphatic rings. The van der Waals surface area contributed by atoms with E-state index in [4.69, 9.17) is 20.3 Å². The first-order valence-electron chi connectivity index (χ1n) is 10.3. The van der Waals surface area contributed by atoms with Crippen LogP contribution in [0.4, 0.5) is 0 Å². The summed E-state index contributed by atoms with van der Waals surface area (Å²) >= 11 is 1.68. The Bertz CT molecular complexity index is 605. The number of carboxylic acids is 1. The minimum atomic E-state index is -1.44. The van der Waals surface area contributed by atoms with Crippen LogP contribution < -0.4 is 5.73 Å². The molecule has 5 rings (SSSR count). The predicted molar refractivity (Wildman–Crippen MR) is 103 cm³/mol. The van der Waals surface area contributed by atoms with Crippen LogP contribution >= 0.6 is 11.8 Å². The van der Waals surface area contributed by atoms with Crippen molar-refractivity contribution in [1.29, 1.82) is 0 Å². The number of carboxylic acid groups (broad SMARTS) is 1. The third-order valence-corrected chi connectivity index (χ3v) is 8.79. The smallest absolute Gasteiger partial charge is 0.321 e. The van der Waals surface area contributed by atoms with Crippen molar-refractivity contribution in [3.8, 4) is 0 Å². The number of aliphatic hydroxyl groups is 4. The number of hydrogen-bond acceptors (Lipinski definition) is 9. The molecule has 0 spiro atoms. The first kappa shape index (κ1) is 21.8. The van der Waals surface area contributed by atoms with E-state index in [2.05, 4.69) is 0 Å². The zero-order valence-electron chi connectivity index (χ0n) is 16.2. The van der Waals surface area contributed by atoms with Gasteiger partial charge in [0.25, 0.3) is 0 Å². The number of aliphatic hydroxyl groups excluding tert-OH is 4. The van der Waals surface area contributed by atoms with Crippen LogP contribution in [0.2, 0.25) is 0 Å². The van der Waals surface area contributed by atoms with Gasteiger partial charge in [-0.1, -0.05) is 0 Å². The average Bonchev–Trinajstić information content (AvgIpc) is 2.68. The van der Waals surface area contributed by atoms with Gasteiger partial charge in [-0.3, -0.25) is 4.79 Å². The number of aliphatic carboxylic acids is 1. The minimum Gasteiger partial charge on any atom is -0.480 e. The van der Waals surface area contributed by atoms with Crippen molar-refractivity contribution in [3.05, 3.63) is 0 Å². The molecule has 1 heterocycles. The highest BCUT2D eigenvalue weighted by molar-refractivity contribution is 8.00. The number of carbonyl (C=O) groups is 1. The largest absolute Gasteiger partial charge is 0.480 e. The van der Waals surface area contributed by atoms with Gasteiger partial charge in [-0.2, -0.15) is 11.8 Å². The molecule has 3 unspecified atom stereocenters. The molecule has 0 aromatic rings. The zero-order chi connectivity index (χ0) is 20.9. The molecule has 29 heavy (non-hydrogen) atoms. The quantitative estimate of drug-likeness (QED) is 0.290. The van der Waals surface area contributed by atoms with Gasteiger partial charge in [-0.25, -0.2) is 0 Å². The Morgan fingerprint density at radius 1 is 1.14 bits per heavy atom. The summed E-state index contributed by atoms with van der Waals surface area (Å²) in [4.78, 5) is 11.1. The first-order valence-corrected chi connectivity index (χ1v) is 11.3. The van der Waals surface area contributed by atoms with Crippen LogP contribution in [0.25, 0.3) is 0 Å². The van der Waals surface area contributed by atoms with E-state index in [0.29, 0.717) is 11.7 Å². The fraction of sp³-hybridized carbons (Fsp3) is 0.947. The van der Waals surface area contributed by atoms with Crippen molar-refractivity contribution < 1.29 is 39.8 Å². The third-order valence-electron chi connectivity index (χ3n) is 7.16. The molecule has 5 fully saturated rings. The van der Waals surface area contributed by atoms with E-state index < -0.39 is 49.3 Å². The van der Waals surface area contributed by atoms with Gasteiger partial charge in [-0.05, 0) is 49.9 Å². The second-order valence-corrected chi connectivity index (χ2v) is 10.7. The van der Waals surface area contributed by atoms with Crippen LogP contribution in [0.15, 0.2) is 0 Å². The van der Waals surface area contributed by atoms with E-state index >= 15 is 0 Å². The molecule has 0 aromatic heterocycles. The third kappa shape index (κ3) is 4.06. The van der Waals surface area contributed by atoms with Crippen molar-refractivity contribution in [2.75, 3.05) is 12.4 Å². The molecule has 4 saturated carbocycles. The molecule has 9 nitrogen and oxygen atoms in total. The van der Waals surface area contributed by atoms with Crippen LogP contribution in [-0.2, 0) is 14.3 Å². The molecule has 11 atom stereocenters. The summed E-state index contributed by atoms with van der Waals surface area (Å²) in [5, 5.41) is 48.7. The van der Waals surface area contributed by atoms with E-state index in [9.17, 15) is 25.2 Å². The van der Waals surface area contributed by atoms with Gasteiger partial charge in [0, 0.05) is 10.5 Å². The topological polar surface area (TPSA) is 163 Å². The number of rotatable bonds is 7. The molecule has 4 bridgehead atoms. The van der Waals surface area contributed by atoms with Crippen molar-refractivity contribution in [2.24, 2.45) is 23.5 Å². The molecule has 10 heteroatoms. The molecule has 1 aliphatic heterocycles. The van der Waals surface area contributed by atoms with Crippen LogP contribution in [0.3, 0.4) is 0 Å². The van der Waals surface area contributed by atoms with Gasteiger partial charge in [0.05, 0.1) is 12.7 Å². The summed E-state index contributed by atoms with van der Waals surface area (Å²) in [5.74, 6) is 0.519. The van der Waals surface area contributed by atoms with Crippen LogP contribution in [0.5, 0.6) is 0 Å². The molecule has 0 amide bonds. The second-order valence-electron chi connectivity index (χ2n) is 9.21. The molecule has 7 N–H and O–H groups in total. The fourth-order valence-corrected chi connectivity index (χ4v) is 7.67. The maximum absolute atomic E-state index is 11.1. The summed E-state index contributed by atoms with van der Waals surface area (Å²) in [6.45, 7) is -0.478. The van der Waals surface area contributed by atoms with Crippen LogP contribution in [0, 0.1) is 17.8 Å². The Kier molecular flexibility index (Phi) is 6.18. The lowest BCUT2D eigenvalue weighted by atomic mass is 9.54. The summed E-state index contributed by atoms with van der Waals surface area (Å²) < 4.78 is 11.7. The van der Waals surface area contributed by atoms with Crippen molar-refractivity contribution >= 4 is 17.7 Å². The molecule has 0 aromatic carbocycles. The Balaban J connectivity index is 1.42. The van der Waals surface area contributed by atoms with Gasteiger partial charge < -0.3 is 40.7 Å². The number of ether oxygens (including phenoxy) is 2. The summed E-state index contributed by atoms with van der Waals surface area (Å²) in [7, 11) is 0. The minimum absolute atomic E-state index is 0.0266. The fourth-order valence-electron chi connectivity index (χ4n) is 5.97. The lowest BCUT2D eigenvalue weighted by Crippen LogP contribution is -2.62. The molecule has 4 aliphatic carbocycles. The predicted octanol–water partition coefficient (Wildman–Crippen LogP) is -1.10. The number of thioether (sulfide) groups is 1. The molecule has 166 valence electrons. The lowest BCUT2D eigenvalue weighted by Gasteiger charge is -2.60. The monoisotopic (exact) mass is 433 g/mol. The molecule has 0 radical (unpaired) electrons. The van der Waals surface area contributed by atoms with E-state index in [0.717, 1.165) is 32.1 Å². The van der Waals surface area contributed by atoms with E-state index in [-0.39, 0.29) is 22.7 Å². The highest BCUT2D eigenvalue weighted by Crippen LogP contribution is 2.61. The average molecular weight is 434 g/mol. The second kappa shape index (κ2) is 8.23. The first-order chi connectivity index (χ1) is 13.7. The Morgan fingerprint density at radius 2 is 1.79 bits per heavy atom. The maximum atomic E-state index is 11.1. The van der Waals surface area contributed by atoms with Gasteiger partial charge >= 0.3 is 5.97 Å². The summed E-state index contributed by atoms with van der Waals surface area (Å²) in [6.07, 6.45) is -1.52. The van der Waals surface area contributed by atoms with Crippen molar-refractivity contribution in [1.82, 2.24) is 0 Å². The normalized spacial score (nSPS) is 49.9. The van der Waals surface area contributed by atoms with Crippen LogP contribution in [-0.4, -0.2) is 91.5 Å². The summed E-state index contributed by atoms with van der Waals surface area (Å²) in [5.41, 5.74) is 5.71. The van der Waals surface area contributed by atoms with E-state index in [1.54, 1.807) is 11.8 Å². The molecular weight excluding hydrogens is 402 g/mol. The zero-order valence-corrected chi connectivity index (χ0v) is 17.0. The summed E-state index contributed by atoms with van der Waals surface area (Å²) in [6, 6.07) is -0.867. The van der Waals surface area contributed by atoms with E-state index in [1.165, 1.54) is 0 Å². The number of nitrogens with two attached hydrogens (primary N) is 1. The number of hydrogen-bond donors (Lipinski definition) is 6. The standard InChI is InChI=1S/C19H31NO8S/c20-11(17(25)26)7-29-19-3-8-1-9(4-19)16(10(2-8)5-19)28-18-15(24)14(23)13(22)12(6-21)27-18/h8-16,18,21-24H,1-7,20H2,(H,25,26)/t8?,9-,10+,11-,12+,13+,14-,15+,16?,18-,19?/m0/s1. The maximum Gasteiger partial charge on any atom is 0.321 e. The van der Waals surface area contributed by atoms with Crippen molar-refractivity contribution in [2.45, 2.75) is 79.7 Å².